The van der Waals surface area contributed by atoms with Gasteiger partial charge in [0.05, 0.1) is 12.1 Å². The normalized spacial score (nSPS) is 15.8. The molecule has 1 aromatic rings. The molecule has 5 nitrogen and oxygen atoms in total. The highest BCUT2D eigenvalue weighted by Gasteiger charge is 2.30. The minimum atomic E-state index is -0.843. The minimum Gasteiger partial charge on any atom is -0.394 e. The number of hydrogen-bond acceptors (Lipinski definition) is 4. The zero-order chi connectivity index (χ0) is 13.6. The second kappa shape index (κ2) is 6.49. The molecular formula is C13H20N2O3. The van der Waals surface area contributed by atoms with E-state index in [9.17, 15) is 9.90 Å². The molecule has 5 heteroatoms. The molecule has 1 amide bonds. The van der Waals surface area contributed by atoms with Gasteiger partial charge in [-0.25, -0.2) is 0 Å². The first-order valence-electron chi connectivity index (χ1n) is 5.78. The number of nitrogens with one attached hydrogen (secondary N) is 1. The number of carbonyl (C=O) groups excluding carboxylic acids is 1. The highest BCUT2D eigenvalue weighted by atomic mass is 16.5. The maximum Gasteiger partial charge on any atom is 0.251 e. The SMILES string of the molecule is COC(CN)C(=O)NC(C)(CO)c1ccccc1. The minimum absolute atomic E-state index is 0.0959. The summed E-state index contributed by atoms with van der Waals surface area (Å²) < 4.78 is 4.97. The Morgan fingerprint density at radius 3 is 2.56 bits per heavy atom. The van der Waals surface area contributed by atoms with E-state index >= 15 is 0 Å². The van der Waals surface area contributed by atoms with E-state index in [4.69, 9.17) is 10.5 Å². The molecule has 100 valence electrons. The predicted octanol–water partition coefficient (Wildman–Crippen LogP) is -0.0160. The Morgan fingerprint density at radius 1 is 1.50 bits per heavy atom. The Bertz CT molecular complexity index is 379. The molecule has 18 heavy (non-hydrogen) atoms. The van der Waals surface area contributed by atoms with Crippen LogP contribution in [-0.2, 0) is 15.1 Å². The van der Waals surface area contributed by atoms with Crippen LogP contribution in [0.25, 0.3) is 0 Å². The van der Waals surface area contributed by atoms with Gasteiger partial charge in [0.25, 0.3) is 5.91 Å². The third kappa shape index (κ3) is 3.29. The van der Waals surface area contributed by atoms with Crippen molar-refractivity contribution in [3.05, 3.63) is 35.9 Å². The molecule has 0 bridgehead atoms. The van der Waals surface area contributed by atoms with Gasteiger partial charge < -0.3 is 20.9 Å². The monoisotopic (exact) mass is 252 g/mol. The topological polar surface area (TPSA) is 84.6 Å². The number of nitrogens with two attached hydrogens (primary N) is 1. The van der Waals surface area contributed by atoms with Crippen molar-refractivity contribution in [3.8, 4) is 0 Å². The Hall–Kier alpha value is -1.43. The van der Waals surface area contributed by atoms with Gasteiger partial charge in [0, 0.05) is 13.7 Å². The average Bonchev–Trinajstić information content (AvgIpc) is 2.41. The number of amides is 1. The average molecular weight is 252 g/mol. The van der Waals surface area contributed by atoms with E-state index in [1.807, 2.05) is 30.3 Å². The smallest absolute Gasteiger partial charge is 0.251 e. The molecule has 0 aliphatic rings. The Kier molecular flexibility index (Phi) is 5.27. The first kappa shape index (κ1) is 14.6. The van der Waals surface area contributed by atoms with Crippen LogP contribution in [0.3, 0.4) is 0 Å². The molecule has 1 rings (SSSR count). The van der Waals surface area contributed by atoms with Crippen LogP contribution in [0.1, 0.15) is 12.5 Å². The van der Waals surface area contributed by atoms with E-state index in [0.717, 1.165) is 5.56 Å². The number of hydrogen-bond donors (Lipinski definition) is 3. The standard InChI is InChI=1S/C13H20N2O3/c1-13(9-16,10-6-4-3-5-7-10)15-12(17)11(8-14)18-2/h3-7,11,16H,8-9,14H2,1-2H3,(H,15,17). The van der Waals surface area contributed by atoms with Gasteiger partial charge >= 0.3 is 0 Å². The fraction of sp³-hybridized carbons (Fsp3) is 0.462. The summed E-state index contributed by atoms with van der Waals surface area (Å²) >= 11 is 0. The molecule has 0 heterocycles. The summed E-state index contributed by atoms with van der Waals surface area (Å²) in [5, 5.41) is 12.3. The van der Waals surface area contributed by atoms with E-state index in [1.165, 1.54) is 7.11 Å². The number of rotatable bonds is 6. The van der Waals surface area contributed by atoms with Gasteiger partial charge in [-0.3, -0.25) is 4.79 Å². The van der Waals surface area contributed by atoms with Gasteiger partial charge in [-0.1, -0.05) is 30.3 Å². The van der Waals surface area contributed by atoms with Crippen molar-refractivity contribution in [2.24, 2.45) is 5.73 Å². The van der Waals surface area contributed by atoms with E-state index in [-0.39, 0.29) is 19.1 Å². The second-order valence-corrected chi connectivity index (χ2v) is 4.31. The number of methoxy groups -OCH3 is 1. The molecule has 0 aliphatic heterocycles. The van der Waals surface area contributed by atoms with Gasteiger partial charge in [-0.15, -0.1) is 0 Å². The molecule has 0 saturated heterocycles. The summed E-state index contributed by atoms with van der Waals surface area (Å²) in [5.74, 6) is -0.333. The molecule has 0 radical (unpaired) electrons. The molecule has 0 fully saturated rings. The van der Waals surface area contributed by atoms with Crippen molar-refractivity contribution in [1.82, 2.24) is 5.32 Å². The lowest BCUT2D eigenvalue weighted by molar-refractivity contribution is -0.133. The van der Waals surface area contributed by atoms with Crippen LogP contribution < -0.4 is 11.1 Å². The fourth-order valence-corrected chi connectivity index (χ4v) is 1.67. The van der Waals surface area contributed by atoms with Gasteiger partial charge in [0.1, 0.15) is 6.10 Å². The van der Waals surface area contributed by atoms with Crippen molar-refractivity contribution in [3.63, 3.8) is 0 Å². The fourth-order valence-electron chi connectivity index (χ4n) is 1.67. The first-order chi connectivity index (χ1) is 8.57. The molecule has 2 unspecified atom stereocenters. The molecule has 4 N–H and O–H groups in total. The van der Waals surface area contributed by atoms with Gasteiger partial charge in [0.15, 0.2) is 0 Å². The van der Waals surface area contributed by atoms with Crippen molar-refractivity contribution in [1.29, 1.82) is 0 Å². The number of benzene rings is 1. The molecule has 0 aliphatic carbocycles. The number of aliphatic hydroxyl groups excluding tert-OH is 1. The Balaban J connectivity index is 2.87. The van der Waals surface area contributed by atoms with Crippen LogP contribution in [0, 0.1) is 0 Å². The lowest BCUT2D eigenvalue weighted by Gasteiger charge is -2.30. The van der Waals surface area contributed by atoms with Crippen LogP contribution in [0.5, 0.6) is 0 Å². The quantitative estimate of drug-likeness (QED) is 0.664. The van der Waals surface area contributed by atoms with Gasteiger partial charge in [-0.2, -0.15) is 0 Å². The maximum absolute atomic E-state index is 11.9. The molecule has 0 spiro atoms. The first-order valence-corrected chi connectivity index (χ1v) is 5.78. The number of aliphatic hydroxyl groups is 1. The van der Waals surface area contributed by atoms with E-state index in [1.54, 1.807) is 6.92 Å². The lowest BCUT2D eigenvalue weighted by atomic mass is 9.92. The summed E-state index contributed by atoms with van der Waals surface area (Å²) in [5.41, 5.74) is 5.42. The van der Waals surface area contributed by atoms with Crippen LogP contribution >= 0.6 is 0 Å². The molecule has 0 saturated carbocycles. The van der Waals surface area contributed by atoms with Crippen molar-refractivity contribution in [2.45, 2.75) is 18.6 Å². The highest BCUT2D eigenvalue weighted by Crippen LogP contribution is 2.19. The van der Waals surface area contributed by atoms with E-state index in [2.05, 4.69) is 5.32 Å². The number of ether oxygens (including phenoxy) is 1. The Labute approximate surface area is 107 Å². The third-order valence-electron chi connectivity index (χ3n) is 2.92. The van der Waals surface area contributed by atoms with Crippen molar-refractivity contribution in [2.75, 3.05) is 20.3 Å². The van der Waals surface area contributed by atoms with E-state index < -0.39 is 11.6 Å². The molecule has 2 atom stereocenters. The van der Waals surface area contributed by atoms with Gasteiger partial charge in [-0.05, 0) is 12.5 Å². The van der Waals surface area contributed by atoms with Crippen molar-refractivity contribution >= 4 is 5.91 Å². The predicted molar refractivity (Wildman–Crippen MR) is 68.9 cm³/mol. The summed E-state index contributed by atoms with van der Waals surface area (Å²) in [7, 11) is 1.43. The zero-order valence-corrected chi connectivity index (χ0v) is 10.7. The lowest BCUT2D eigenvalue weighted by Crippen LogP contribution is -2.51. The summed E-state index contributed by atoms with van der Waals surface area (Å²) in [6.45, 7) is 1.64. The van der Waals surface area contributed by atoms with Crippen LogP contribution in [-0.4, -0.2) is 37.4 Å². The largest absolute Gasteiger partial charge is 0.394 e. The summed E-state index contributed by atoms with van der Waals surface area (Å²) in [6.07, 6.45) is -0.709. The summed E-state index contributed by atoms with van der Waals surface area (Å²) in [4.78, 5) is 11.9. The molecular weight excluding hydrogens is 232 g/mol. The third-order valence-corrected chi connectivity index (χ3v) is 2.92. The molecule has 0 aromatic heterocycles. The van der Waals surface area contributed by atoms with Crippen LogP contribution in [0.4, 0.5) is 0 Å². The zero-order valence-electron chi connectivity index (χ0n) is 10.7. The van der Waals surface area contributed by atoms with Gasteiger partial charge in [0.2, 0.25) is 0 Å². The van der Waals surface area contributed by atoms with Crippen molar-refractivity contribution < 1.29 is 14.6 Å². The highest BCUT2D eigenvalue weighted by molar-refractivity contribution is 5.82. The van der Waals surface area contributed by atoms with Crippen LogP contribution in [0.15, 0.2) is 30.3 Å². The summed E-state index contributed by atoms with van der Waals surface area (Å²) in [6, 6.07) is 9.28. The Morgan fingerprint density at radius 2 is 2.11 bits per heavy atom. The number of carbonyl (C=O) groups is 1. The van der Waals surface area contributed by atoms with Crippen LogP contribution in [0.2, 0.25) is 0 Å². The molecule has 1 aromatic carbocycles. The van der Waals surface area contributed by atoms with E-state index in [0.29, 0.717) is 0 Å². The maximum atomic E-state index is 11.9. The second-order valence-electron chi connectivity index (χ2n) is 4.31.